The van der Waals surface area contributed by atoms with Crippen LogP contribution in [-0.4, -0.2) is 10.7 Å². The quantitative estimate of drug-likeness (QED) is 0.230. The Morgan fingerprint density at radius 1 is 0.806 bits per heavy atom. The summed E-state index contributed by atoms with van der Waals surface area (Å²) in [6, 6.07) is 10.8. The lowest BCUT2D eigenvalue weighted by atomic mass is 9.65. The molecule has 196 valence electrons. The zero-order chi connectivity index (χ0) is 27.6. The predicted octanol–water partition coefficient (Wildman–Crippen LogP) is 10.1. The first-order valence-corrected chi connectivity index (χ1v) is 14.2. The van der Waals surface area contributed by atoms with Crippen LogP contribution in [0.25, 0.3) is 0 Å². The van der Waals surface area contributed by atoms with Gasteiger partial charge in [0, 0.05) is 19.6 Å². The molecule has 0 saturated heterocycles. The van der Waals surface area contributed by atoms with Gasteiger partial charge in [0.25, 0.3) is 0 Å². The molecule has 0 unspecified atom stereocenters. The minimum atomic E-state index is -4.35. The van der Waals surface area contributed by atoms with Crippen molar-refractivity contribution < 1.29 is 26.3 Å². The molecule has 2 aromatic rings. The van der Waals surface area contributed by atoms with Crippen LogP contribution in [0.2, 0.25) is 0 Å². The van der Waals surface area contributed by atoms with E-state index < -0.39 is 28.9 Å². The molecule has 2 aromatic carbocycles. The third-order valence-electron chi connectivity index (χ3n) is 5.15. The Bertz CT molecular complexity index is 1080. The summed E-state index contributed by atoms with van der Waals surface area (Å²) in [6.07, 6.45) is -4.99. The van der Waals surface area contributed by atoms with E-state index in [-0.39, 0.29) is 6.42 Å². The van der Waals surface area contributed by atoms with Gasteiger partial charge in [-0.3, -0.25) is 0 Å². The lowest BCUT2D eigenvalue weighted by Gasteiger charge is -2.36. The maximum Gasteiger partial charge on any atom is 0.416 e. The van der Waals surface area contributed by atoms with E-state index in [0.717, 1.165) is 41.3 Å². The highest BCUT2D eigenvalue weighted by atomic mass is 79.9. The number of nitriles is 2. The molecule has 0 spiro atoms. The second-order valence-corrected chi connectivity index (χ2v) is 10.9. The standard InChI is InChI=1S/C12H9BrF3N.C9H5BrF3N.C3H6Br2/c13-10-6-8(12(14,15)16)2-3-9(10)11(7-17)4-1-5-11;10-8-5-7(9(11,12)13)2-1-6(8)3-4-14;4-2-1-3-5/h2-3,6H,1,4-5H2;1-2,5H,3H2;1-3H2. The Morgan fingerprint density at radius 2 is 1.31 bits per heavy atom. The maximum atomic E-state index is 12.5. The fraction of sp³-hybridized carbons (Fsp3) is 0.417. The van der Waals surface area contributed by atoms with Crippen LogP contribution in [0.3, 0.4) is 0 Å². The first-order valence-electron chi connectivity index (χ1n) is 10.4. The molecule has 0 radical (unpaired) electrons. The highest BCUT2D eigenvalue weighted by Gasteiger charge is 2.41. The summed E-state index contributed by atoms with van der Waals surface area (Å²) in [5.74, 6) is 0. The second kappa shape index (κ2) is 14.8. The molecule has 0 bridgehead atoms. The zero-order valence-corrected chi connectivity index (χ0v) is 24.9. The largest absolute Gasteiger partial charge is 0.416 e. The number of nitrogens with zero attached hydrogens (tertiary/aromatic N) is 2. The van der Waals surface area contributed by atoms with Gasteiger partial charge in [0.15, 0.2) is 0 Å². The Morgan fingerprint density at radius 3 is 1.61 bits per heavy atom. The van der Waals surface area contributed by atoms with Crippen molar-refractivity contribution in [2.45, 2.75) is 49.9 Å². The smallest absolute Gasteiger partial charge is 0.198 e. The molecule has 0 atom stereocenters. The van der Waals surface area contributed by atoms with E-state index in [0.29, 0.717) is 32.9 Å². The van der Waals surface area contributed by atoms with E-state index in [4.69, 9.17) is 10.5 Å². The zero-order valence-electron chi connectivity index (χ0n) is 18.6. The van der Waals surface area contributed by atoms with E-state index in [1.165, 1.54) is 18.6 Å². The topological polar surface area (TPSA) is 47.6 Å². The van der Waals surface area contributed by atoms with Gasteiger partial charge in [-0.15, -0.1) is 0 Å². The van der Waals surface area contributed by atoms with E-state index in [1.807, 2.05) is 6.07 Å². The van der Waals surface area contributed by atoms with Gasteiger partial charge in [0.2, 0.25) is 0 Å². The van der Waals surface area contributed by atoms with Crippen LogP contribution in [-0.2, 0) is 24.2 Å². The maximum absolute atomic E-state index is 12.5. The monoisotopic (exact) mass is 766 g/mol. The van der Waals surface area contributed by atoms with Crippen LogP contribution in [0.5, 0.6) is 0 Å². The Hall–Kier alpha value is -1.08. The van der Waals surface area contributed by atoms with Crippen molar-refractivity contribution in [2.24, 2.45) is 0 Å². The molecular weight excluding hydrogens is 750 g/mol. The SMILES string of the molecule is BrCCCBr.N#CC1(c2ccc(C(F)(F)F)cc2Br)CCC1.N#CCc1ccc(C(F)(F)F)cc1Br. The Balaban J connectivity index is 0.000000308. The third kappa shape index (κ3) is 9.66. The van der Waals surface area contributed by atoms with E-state index in [2.05, 4.69) is 69.8 Å². The van der Waals surface area contributed by atoms with Crippen LogP contribution in [0.4, 0.5) is 26.3 Å². The predicted molar refractivity (Wildman–Crippen MR) is 141 cm³/mol. The molecule has 0 amide bonds. The molecular formula is C24H20Br4F6N2. The molecule has 0 aliphatic heterocycles. The van der Waals surface area contributed by atoms with Gasteiger partial charge in [-0.05, 0) is 61.1 Å². The van der Waals surface area contributed by atoms with Crippen molar-refractivity contribution in [3.05, 3.63) is 67.6 Å². The summed E-state index contributed by atoms with van der Waals surface area (Å²) < 4.78 is 74.7. The van der Waals surface area contributed by atoms with Gasteiger partial charge in [-0.2, -0.15) is 36.9 Å². The van der Waals surface area contributed by atoms with Crippen LogP contribution >= 0.6 is 63.7 Å². The molecule has 12 heteroatoms. The Labute approximate surface area is 239 Å². The molecule has 0 heterocycles. The number of halogens is 10. The van der Waals surface area contributed by atoms with Crippen molar-refractivity contribution in [1.82, 2.24) is 0 Å². The van der Waals surface area contributed by atoms with Gasteiger partial charge in [0.1, 0.15) is 0 Å². The number of hydrogen-bond donors (Lipinski definition) is 0. The van der Waals surface area contributed by atoms with Crippen molar-refractivity contribution in [2.75, 3.05) is 10.7 Å². The van der Waals surface area contributed by atoms with Crippen molar-refractivity contribution in [3.8, 4) is 12.1 Å². The number of benzene rings is 2. The van der Waals surface area contributed by atoms with Crippen LogP contribution in [0.1, 0.15) is 47.9 Å². The normalized spacial score (nSPS) is 14.1. The fourth-order valence-corrected chi connectivity index (χ4v) is 5.64. The lowest BCUT2D eigenvalue weighted by molar-refractivity contribution is -0.138. The van der Waals surface area contributed by atoms with Crippen LogP contribution in [0.15, 0.2) is 45.3 Å². The highest BCUT2D eigenvalue weighted by Crippen LogP contribution is 2.46. The molecule has 1 fully saturated rings. The number of rotatable bonds is 4. The van der Waals surface area contributed by atoms with E-state index in [1.54, 1.807) is 0 Å². The molecule has 36 heavy (non-hydrogen) atoms. The van der Waals surface area contributed by atoms with Crippen molar-refractivity contribution >= 4 is 63.7 Å². The summed E-state index contributed by atoms with van der Waals surface area (Å²) in [7, 11) is 0. The highest BCUT2D eigenvalue weighted by molar-refractivity contribution is 9.11. The summed E-state index contributed by atoms with van der Waals surface area (Å²) in [4.78, 5) is 0. The van der Waals surface area contributed by atoms with E-state index in [9.17, 15) is 26.3 Å². The molecule has 1 aliphatic carbocycles. The number of alkyl halides is 8. The summed E-state index contributed by atoms with van der Waals surface area (Å²) in [5.41, 5.74) is -0.783. The molecule has 3 rings (SSSR count). The van der Waals surface area contributed by atoms with Gasteiger partial charge < -0.3 is 0 Å². The molecule has 2 nitrogen and oxygen atoms in total. The van der Waals surface area contributed by atoms with E-state index >= 15 is 0 Å². The molecule has 1 aliphatic rings. The van der Waals surface area contributed by atoms with Gasteiger partial charge >= 0.3 is 12.4 Å². The molecule has 0 N–H and O–H groups in total. The first-order chi connectivity index (χ1) is 16.8. The Kier molecular flexibility index (Phi) is 13.5. The molecule has 1 saturated carbocycles. The van der Waals surface area contributed by atoms with Gasteiger partial charge in [-0.1, -0.05) is 75.9 Å². The minimum Gasteiger partial charge on any atom is -0.198 e. The average molecular weight is 770 g/mol. The minimum absolute atomic E-state index is 0.0960. The van der Waals surface area contributed by atoms with Crippen LogP contribution in [0, 0.1) is 22.7 Å². The fourth-order valence-electron chi connectivity index (χ4n) is 3.05. The number of hydrogen-bond acceptors (Lipinski definition) is 2. The summed E-state index contributed by atoms with van der Waals surface area (Å²) in [6.45, 7) is 0. The van der Waals surface area contributed by atoms with Crippen molar-refractivity contribution in [1.29, 1.82) is 10.5 Å². The molecule has 0 aromatic heterocycles. The van der Waals surface area contributed by atoms with Gasteiger partial charge in [0.05, 0.1) is 35.1 Å². The summed E-state index contributed by atoms with van der Waals surface area (Å²) >= 11 is 12.7. The van der Waals surface area contributed by atoms with Crippen molar-refractivity contribution in [3.63, 3.8) is 0 Å². The average Bonchev–Trinajstić information content (AvgIpc) is 2.76. The summed E-state index contributed by atoms with van der Waals surface area (Å²) in [5, 5.41) is 19.7. The van der Waals surface area contributed by atoms with Gasteiger partial charge in [-0.25, -0.2) is 0 Å². The third-order valence-corrected chi connectivity index (χ3v) is 7.67. The lowest BCUT2D eigenvalue weighted by Crippen LogP contribution is -2.32. The first kappa shape index (κ1) is 32.9. The second-order valence-electron chi connectivity index (χ2n) is 7.61. The van der Waals surface area contributed by atoms with Crippen LogP contribution < -0.4 is 0 Å².